The van der Waals surface area contributed by atoms with Gasteiger partial charge in [-0.05, 0) is 6.07 Å². The zero-order valence-electron chi connectivity index (χ0n) is 7.80. The Morgan fingerprint density at radius 1 is 0.929 bits per heavy atom. The van der Waals surface area contributed by atoms with Gasteiger partial charge in [0, 0.05) is 17.7 Å². The van der Waals surface area contributed by atoms with Crippen LogP contribution < -0.4 is 4.57 Å². The molecule has 0 bridgehead atoms. The summed E-state index contributed by atoms with van der Waals surface area (Å²) in [4.78, 5) is 0. The standard InChI is InChI=1S/C12H11NS/c14-12-8-4-5-9-13(12)10-11-6-2-1-3-7-11/h1-9H,10H2/p+1. The third kappa shape index (κ3) is 2.15. The third-order valence-corrected chi connectivity index (χ3v) is 2.52. The van der Waals surface area contributed by atoms with E-state index in [1.807, 2.05) is 30.5 Å². The predicted molar refractivity (Wildman–Crippen MR) is 59.4 cm³/mol. The molecule has 0 spiro atoms. The average Bonchev–Trinajstić information content (AvgIpc) is 2.23. The molecular formula is C12H12NS+. The van der Waals surface area contributed by atoms with Crippen LogP contribution in [0.4, 0.5) is 0 Å². The lowest BCUT2D eigenvalue weighted by Crippen LogP contribution is -2.35. The number of hydrogen-bond donors (Lipinski definition) is 1. The van der Waals surface area contributed by atoms with Crippen LogP contribution in [-0.2, 0) is 6.54 Å². The first-order valence-corrected chi connectivity index (χ1v) is 5.02. The average molecular weight is 202 g/mol. The number of nitrogens with zero attached hydrogens (tertiary/aromatic N) is 1. The van der Waals surface area contributed by atoms with Crippen LogP contribution in [0.2, 0.25) is 0 Å². The molecule has 2 rings (SSSR count). The summed E-state index contributed by atoms with van der Waals surface area (Å²) in [7, 11) is 0. The second-order valence-electron chi connectivity index (χ2n) is 3.17. The molecule has 0 unspecified atom stereocenters. The number of benzene rings is 1. The van der Waals surface area contributed by atoms with Gasteiger partial charge >= 0.3 is 0 Å². The molecule has 14 heavy (non-hydrogen) atoms. The number of rotatable bonds is 2. The van der Waals surface area contributed by atoms with Crippen LogP contribution >= 0.6 is 12.6 Å². The van der Waals surface area contributed by atoms with Gasteiger partial charge in [-0.25, -0.2) is 0 Å². The van der Waals surface area contributed by atoms with Gasteiger partial charge in [-0.15, -0.1) is 0 Å². The topological polar surface area (TPSA) is 3.88 Å². The van der Waals surface area contributed by atoms with Crippen molar-refractivity contribution in [2.45, 2.75) is 11.6 Å². The Bertz CT molecular complexity index is 412. The van der Waals surface area contributed by atoms with Crippen LogP contribution in [-0.4, -0.2) is 0 Å². The molecule has 1 aromatic heterocycles. The van der Waals surface area contributed by atoms with E-state index < -0.39 is 0 Å². The summed E-state index contributed by atoms with van der Waals surface area (Å²) in [5, 5.41) is 0.983. The van der Waals surface area contributed by atoms with Crippen LogP contribution in [0.5, 0.6) is 0 Å². The molecule has 1 aromatic carbocycles. The monoisotopic (exact) mass is 202 g/mol. The van der Waals surface area contributed by atoms with E-state index in [1.54, 1.807) is 0 Å². The molecule has 0 saturated carbocycles. The maximum Gasteiger partial charge on any atom is 0.237 e. The highest BCUT2D eigenvalue weighted by Gasteiger charge is 2.05. The summed E-state index contributed by atoms with van der Waals surface area (Å²) in [5.41, 5.74) is 1.29. The highest BCUT2D eigenvalue weighted by Crippen LogP contribution is 2.01. The van der Waals surface area contributed by atoms with Gasteiger partial charge in [0.15, 0.2) is 12.7 Å². The maximum absolute atomic E-state index is 4.39. The largest absolute Gasteiger partial charge is 0.237 e. The summed E-state index contributed by atoms with van der Waals surface area (Å²) in [5.74, 6) is 0. The second kappa shape index (κ2) is 4.29. The van der Waals surface area contributed by atoms with Crippen LogP contribution in [0.15, 0.2) is 59.8 Å². The van der Waals surface area contributed by atoms with Gasteiger partial charge in [-0.3, -0.25) is 0 Å². The number of hydrogen-bond acceptors (Lipinski definition) is 1. The lowest BCUT2D eigenvalue weighted by molar-refractivity contribution is -0.724. The van der Waals surface area contributed by atoms with Gasteiger partial charge in [-0.2, -0.15) is 4.57 Å². The zero-order chi connectivity index (χ0) is 9.80. The van der Waals surface area contributed by atoms with Crippen LogP contribution in [0.25, 0.3) is 0 Å². The first-order chi connectivity index (χ1) is 6.86. The molecule has 0 atom stereocenters. The zero-order valence-corrected chi connectivity index (χ0v) is 8.69. The van der Waals surface area contributed by atoms with Crippen molar-refractivity contribution in [1.82, 2.24) is 0 Å². The molecule has 1 nitrogen and oxygen atoms in total. The Morgan fingerprint density at radius 2 is 1.64 bits per heavy atom. The summed E-state index contributed by atoms with van der Waals surface area (Å²) < 4.78 is 2.11. The molecule has 0 radical (unpaired) electrons. The smallest absolute Gasteiger partial charge is 0.189 e. The normalized spacial score (nSPS) is 10.1. The minimum atomic E-state index is 0.876. The lowest BCUT2D eigenvalue weighted by atomic mass is 10.2. The number of aromatic nitrogens is 1. The third-order valence-electron chi connectivity index (χ3n) is 2.11. The van der Waals surface area contributed by atoms with Crippen molar-refractivity contribution < 1.29 is 4.57 Å². The van der Waals surface area contributed by atoms with Gasteiger partial charge in [0.1, 0.15) is 0 Å². The van der Waals surface area contributed by atoms with Crippen molar-refractivity contribution in [3.05, 3.63) is 60.3 Å². The van der Waals surface area contributed by atoms with Gasteiger partial charge in [0.2, 0.25) is 5.03 Å². The van der Waals surface area contributed by atoms with Crippen molar-refractivity contribution >= 4 is 12.6 Å². The van der Waals surface area contributed by atoms with Crippen molar-refractivity contribution in [3.8, 4) is 0 Å². The Balaban J connectivity index is 2.24. The fourth-order valence-electron chi connectivity index (χ4n) is 1.38. The summed E-state index contributed by atoms with van der Waals surface area (Å²) in [6.45, 7) is 0.876. The quantitative estimate of drug-likeness (QED) is 0.563. The van der Waals surface area contributed by atoms with E-state index in [0.717, 1.165) is 11.6 Å². The van der Waals surface area contributed by atoms with Crippen molar-refractivity contribution in [1.29, 1.82) is 0 Å². The van der Waals surface area contributed by atoms with E-state index in [9.17, 15) is 0 Å². The van der Waals surface area contributed by atoms with E-state index in [0.29, 0.717) is 0 Å². The van der Waals surface area contributed by atoms with E-state index in [1.165, 1.54) is 5.56 Å². The lowest BCUT2D eigenvalue weighted by Gasteiger charge is -1.98. The van der Waals surface area contributed by atoms with Crippen LogP contribution in [0.3, 0.4) is 0 Å². The predicted octanol–water partition coefficient (Wildman–Crippen LogP) is 2.31. The molecule has 1 heterocycles. The molecule has 0 amide bonds. The van der Waals surface area contributed by atoms with Gasteiger partial charge in [-0.1, -0.05) is 43.0 Å². The summed E-state index contributed by atoms with van der Waals surface area (Å²) >= 11 is 4.39. The highest BCUT2D eigenvalue weighted by atomic mass is 32.1. The minimum Gasteiger partial charge on any atom is -0.189 e. The van der Waals surface area contributed by atoms with Crippen LogP contribution in [0.1, 0.15) is 5.56 Å². The summed E-state index contributed by atoms with van der Waals surface area (Å²) in [6, 6.07) is 16.4. The molecule has 0 saturated heterocycles. The molecule has 0 N–H and O–H groups in total. The second-order valence-corrected chi connectivity index (χ2v) is 3.63. The van der Waals surface area contributed by atoms with E-state index in [2.05, 4.69) is 41.5 Å². The Hall–Kier alpha value is -1.28. The fourth-order valence-corrected chi connectivity index (χ4v) is 1.60. The Kier molecular flexibility index (Phi) is 2.84. The molecule has 0 aliphatic carbocycles. The molecule has 2 aromatic rings. The van der Waals surface area contributed by atoms with Crippen molar-refractivity contribution in [2.75, 3.05) is 0 Å². The van der Waals surface area contributed by atoms with Crippen molar-refractivity contribution in [3.63, 3.8) is 0 Å². The number of pyridine rings is 1. The van der Waals surface area contributed by atoms with Crippen molar-refractivity contribution in [2.24, 2.45) is 0 Å². The first-order valence-electron chi connectivity index (χ1n) is 4.57. The summed E-state index contributed by atoms with van der Waals surface area (Å²) in [6.07, 6.45) is 2.04. The first kappa shape index (κ1) is 9.28. The Labute approximate surface area is 89.4 Å². The van der Waals surface area contributed by atoms with Crippen LogP contribution in [0, 0.1) is 0 Å². The van der Waals surface area contributed by atoms with Gasteiger partial charge < -0.3 is 0 Å². The van der Waals surface area contributed by atoms with Gasteiger partial charge in [0.05, 0.1) is 0 Å². The molecule has 70 valence electrons. The van der Waals surface area contributed by atoms with E-state index in [-0.39, 0.29) is 0 Å². The maximum atomic E-state index is 4.39. The highest BCUT2D eigenvalue weighted by molar-refractivity contribution is 7.80. The van der Waals surface area contributed by atoms with E-state index >= 15 is 0 Å². The molecule has 0 fully saturated rings. The fraction of sp³-hybridized carbons (Fsp3) is 0.0833. The number of thiol groups is 1. The van der Waals surface area contributed by atoms with Gasteiger partial charge in [0.25, 0.3) is 0 Å². The minimum absolute atomic E-state index is 0.876. The molecule has 2 heteroatoms. The molecule has 0 aliphatic rings. The molecular weight excluding hydrogens is 190 g/mol. The Morgan fingerprint density at radius 3 is 2.36 bits per heavy atom. The SMILES string of the molecule is Sc1cccc[n+]1Cc1ccccc1. The molecule has 0 aliphatic heterocycles. The van der Waals surface area contributed by atoms with E-state index in [4.69, 9.17) is 0 Å².